The van der Waals surface area contributed by atoms with Crippen molar-refractivity contribution in [2.45, 2.75) is 6.54 Å². The SMILES string of the molecule is Nc1cnn(Cc2nc3ccc(F)cc3o2)c1. The summed E-state index contributed by atoms with van der Waals surface area (Å²) in [5.74, 6) is 0.122. The summed E-state index contributed by atoms with van der Waals surface area (Å²) in [7, 11) is 0. The minimum Gasteiger partial charge on any atom is -0.439 e. The van der Waals surface area contributed by atoms with E-state index in [1.807, 2.05) is 0 Å². The lowest BCUT2D eigenvalue weighted by atomic mass is 10.3. The van der Waals surface area contributed by atoms with Gasteiger partial charge in [0.05, 0.1) is 11.9 Å². The molecule has 2 aromatic heterocycles. The molecule has 0 fully saturated rings. The Hall–Kier alpha value is -2.37. The zero-order valence-corrected chi connectivity index (χ0v) is 8.80. The number of hydrogen-bond donors (Lipinski definition) is 1. The summed E-state index contributed by atoms with van der Waals surface area (Å²) in [4.78, 5) is 4.22. The summed E-state index contributed by atoms with van der Waals surface area (Å²) in [6.07, 6.45) is 3.22. The molecule has 86 valence electrons. The van der Waals surface area contributed by atoms with E-state index in [0.717, 1.165) is 0 Å². The van der Waals surface area contributed by atoms with Crippen LogP contribution in [0, 0.1) is 5.82 Å². The van der Waals surface area contributed by atoms with Crippen molar-refractivity contribution in [1.29, 1.82) is 0 Å². The van der Waals surface area contributed by atoms with Crippen LogP contribution in [0.5, 0.6) is 0 Å². The topological polar surface area (TPSA) is 69.9 Å². The molecule has 2 heterocycles. The third-order valence-electron chi connectivity index (χ3n) is 2.35. The van der Waals surface area contributed by atoms with Crippen molar-refractivity contribution in [1.82, 2.24) is 14.8 Å². The van der Waals surface area contributed by atoms with Crippen LogP contribution in [-0.4, -0.2) is 14.8 Å². The monoisotopic (exact) mass is 232 g/mol. The number of rotatable bonds is 2. The standard InChI is InChI=1S/C11H9FN4O/c12-7-1-2-9-10(3-7)17-11(15-9)6-16-5-8(13)4-14-16/h1-5H,6,13H2. The second-order valence-electron chi connectivity index (χ2n) is 3.69. The molecule has 0 aliphatic heterocycles. The van der Waals surface area contributed by atoms with Crippen LogP contribution in [0.15, 0.2) is 35.0 Å². The lowest BCUT2D eigenvalue weighted by molar-refractivity contribution is 0.490. The van der Waals surface area contributed by atoms with Crippen LogP contribution in [0.1, 0.15) is 5.89 Å². The number of nitrogens with two attached hydrogens (primary N) is 1. The first kappa shape index (κ1) is 9.83. The van der Waals surface area contributed by atoms with E-state index in [2.05, 4.69) is 10.1 Å². The van der Waals surface area contributed by atoms with E-state index >= 15 is 0 Å². The van der Waals surface area contributed by atoms with E-state index in [4.69, 9.17) is 10.2 Å². The molecule has 5 nitrogen and oxygen atoms in total. The van der Waals surface area contributed by atoms with Gasteiger partial charge in [-0.25, -0.2) is 9.37 Å². The molecule has 0 saturated carbocycles. The van der Waals surface area contributed by atoms with Gasteiger partial charge in [-0.15, -0.1) is 0 Å². The van der Waals surface area contributed by atoms with Gasteiger partial charge >= 0.3 is 0 Å². The van der Waals surface area contributed by atoms with Crippen LogP contribution in [0.4, 0.5) is 10.1 Å². The number of nitrogen functional groups attached to an aromatic ring is 1. The molecule has 0 radical (unpaired) electrons. The lowest BCUT2D eigenvalue weighted by Crippen LogP contribution is -1.99. The van der Waals surface area contributed by atoms with E-state index < -0.39 is 0 Å². The van der Waals surface area contributed by atoms with Crippen LogP contribution >= 0.6 is 0 Å². The molecule has 0 bridgehead atoms. The highest BCUT2D eigenvalue weighted by atomic mass is 19.1. The van der Waals surface area contributed by atoms with E-state index in [1.54, 1.807) is 23.1 Å². The average Bonchev–Trinajstić information content (AvgIpc) is 2.84. The maximum absolute atomic E-state index is 13.0. The summed E-state index contributed by atoms with van der Waals surface area (Å²) in [6.45, 7) is 0.369. The summed E-state index contributed by atoms with van der Waals surface area (Å²) in [6, 6.07) is 4.24. The molecule has 0 aliphatic carbocycles. The fraction of sp³-hybridized carbons (Fsp3) is 0.0909. The van der Waals surface area contributed by atoms with Crippen LogP contribution < -0.4 is 5.73 Å². The molecule has 0 amide bonds. The average molecular weight is 232 g/mol. The molecule has 0 saturated heterocycles. The number of nitrogens with zero attached hydrogens (tertiary/aromatic N) is 3. The molecule has 2 N–H and O–H groups in total. The van der Waals surface area contributed by atoms with Crippen molar-refractivity contribution in [3.63, 3.8) is 0 Å². The summed E-state index contributed by atoms with van der Waals surface area (Å²) in [5, 5.41) is 4.02. The first-order valence-corrected chi connectivity index (χ1v) is 5.03. The van der Waals surface area contributed by atoms with Gasteiger partial charge in [0.2, 0.25) is 5.89 Å². The Kier molecular flexibility index (Phi) is 2.07. The molecule has 0 spiro atoms. The smallest absolute Gasteiger partial charge is 0.217 e. The number of oxazole rings is 1. The number of halogens is 1. The molecule has 3 aromatic rings. The van der Waals surface area contributed by atoms with E-state index in [1.165, 1.54) is 12.1 Å². The van der Waals surface area contributed by atoms with Crippen molar-refractivity contribution in [3.8, 4) is 0 Å². The molecule has 3 rings (SSSR count). The number of anilines is 1. The third-order valence-corrected chi connectivity index (χ3v) is 2.35. The lowest BCUT2D eigenvalue weighted by Gasteiger charge is -1.94. The molecule has 0 atom stereocenters. The largest absolute Gasteiger partial charge is 0.439 e. The number of fused-ring (bicyclic) bond motifs is 1. The molecular formula is C11H9FN4O. The quantitative estimate of drug-likeness (QED) is 0.731. The normalized spacial score (nSPS) is 11.1. The zero-order valence-electron chi connectivity index (χ0n) is 8.80. The van der Waals surface area contributed by atoms with Gasteiger partial charge in [0.1, 0.15) is 17.9 Å². The van der Waals surface area contributed by atoms with Crippen LogP contribution in [-0.2, 0) is 6.54 Å². The Morgan fingerprint density at radius 2 is 2.29 bits per heavy atom. The predicted molar refractivity (Wildman–Crippen MR) is 59.7 cm³/mol. The Morgan fingerprint density at radius 3 is 3.06 bits per heavy atom. The van der Waals surface area contributed by atoms with Gasteiger partial charge in [0.25, 0.3) is 0 Å². The van der Waals surface area contributed by atoms with Crippen LogP contribution in [0.3, 0.4) is 0 Å². The van der Waals surface area contributed by atoms with Gasteiger partial charge in [-0.3, -0.25) is 4.68 Å². The molecular weight excluding hydrogens is 223 g/mol. The highest BCUT2D eigenvalue weighted by Crippen LogP contribution is 2.17. The van der Waals surface area contributed by atoms with E-state index in [0.29, 0.717) is 29.2 Å². The number of aromatic nitrogens is 3. The first-order chi connectivity index (χ1) is 8.20. The molecule has 1 aromatic carbocycles. The Morgan fingerprint density at radius 1 is 1.41 bits per heavy atom. The van der Waals surface area contributed by atoms with Crippen LogP contribution in [0.2, 0.25) is 0 Å². The van der Waals surface area contributed by atoms with Crippen LogP contribution in [0.25, 0.3) is 11.1 Å². The van der Waals surface area contributed by atoms with E-state index in [9.17, 15) is 4.39 Å². The van der Waals surface area contributed by atoms with Gasteiger partial charge < -0.3 is 10.2 Å². The van der Waals surface area contributed by atoms with Gasteiger partial charge in [-0.2, -0.15) is 5.10 Å². The maximum Gasteiger partial charge on any atom is 0.217 e. The van der Waals surface area contributed by atoms with Crippen molar-refractivity contribution < 1.29 is 8.81 Å². The second kappa shape index (κ2) is 3.58. The van der Waals surface area contributed by atoms with Crippen molar-refractivity contribution in [3.05, 3.63) is 42.3 Å². The molecule has 17 heavy (non-hydrogen) atoms. The summed E-state index contributed by atoms with van der Waals surface area (Å²) >= 11 is 0. The molecule has 0 unspecified atom stereocenters. The minimum atomic E-state index is -0.344. The summed E-state index contributed by atoms with van der Waals surface area (Å²) < 4.78 is 20.0. The Balaban J connectivity index is 1.95. The van der Waals surface area contributed by atoms with Gasteiger partial charge in [-0.1, -0.05) is 0 Å². The second-order valence-corrected chi connectivity index (χ2v) is 3.69. The molecule has 6 heteroatoms. The fourth-order valence-corrected chi connectivity index (χ4v) is 1.62. The number of hydrogen-bond acceptors (Lipinski definition) is 4. The fourth-order valence-electron chi connectivity index (χ4n) is 1.62. The van der Waals surface area contributed by atoms with Gasteiger partial charge in [0, 0.05) is 12.3 Å². The highest BCUT2D eigenvalue weighted by Gasteiger charge is 2.07. The summed E-state index contributed by atoms with van der Waals surface area (Å²) in [5.41, 5.74) is 7.18. The van der Waals surface area contributed by atoms with Crippen molar-refractivity contribution in [2.24, 2.45) is 0 Å². The Bertz CT molecular complexity index is 673. The van der Waals surface area contributed by atoms with E-state index in [-0.39, 0.29) is 5.82 Å². The van der Waals surface area contributed by atoms with Crippen molar-refractivity contribution in [2.75, 3.05) is 5.73 Å². The zero-order chi connectivity index (χ0) is 11.8. The molecule has 0 aliphatic rings. The first-order valence-electron chi connectivity index (χ1n) is 5.03. The van der Waals surface area contributed by atoms with Gasteiger partial charge in [-0.05, 0) is 12.1 Å². The van der Waals surface area contributed by atoms with Crippen molar-refractivity contribution >= 4 is 16.8 Å². The predicted octanol–water partition coefficient (Wildman–Crippen LogP) is 1.79. The maximum atomic E-state index is 13.0. The van der Waals surface area contributed by atoms with Gasteiger partial charge in [0.15, 0.2) is 5.58 Å². The highest BCUT2D eigenvalue weighted by molar-refractivity contribution is 5.72. The number of benzene rings is 1. The minimum absolute atomic E-state index is 0.344. The third kappa shape index (κ3) is 1.84. The Labute approximate surface area is 95.7 Å².